The molecule has 1 saturated heterocycles. The van der Waals surface area contributed by atoms with Crippen molar-refractivity contribution in [3.8, 4) is 0 Å². The Morgan fingerprint density at radius 2 is 1.91 bits per heavy atom. The molecule has 2 heterocycles. The third-order valence-corrected chi connectivity index (χ3v) is 4.55. The van der Waals surface area contributed by atoms with Crippen LogP contribution in [-0.2, 0) is 4.79 Å². The molecule has 5 heteroatoms. The molecule has 0 aliphatic carbocycles. The standard InChI is InChI=1S/C17H19N3OS/c21-16(13-22-17-5-1-2-10-18-17)19-14-6-8-15(9-7-14)20-11-3-4-12-20/h1-2,5-10H,3-4,11-13H2,(H,19,21). The molecule has 1 aromatic carbocycles. The number of amides is 1. The van der Waals surface area contributed by atoms with Gasteiger partial charge in [-0.1, -0.05) is 17.8 Å². The number of nitrogens with zero attached hydrogens (tertiary/aromatic N) is 2. The normalized spacial score (nSPS) is 14.1. The Balaban J connectivity index is 1.50. The minimum Gasteiger partial charge on any atom is -0.372 e. The molecule has 2 aromatic rings. The SMILES string of the molecule is O=C(CSc1ccccn1)Nc1ccc(N2CCCC2)cc1. The zero-order valence-electron chi connectivity index (χ0n) is 12.4. The fourth-order valence-corrected chi connectivity index (χ4v) is 3.16. The van der Waals surface area contributed by atoms with Crippen LogP contribution in [0.4, 0.5) is 11.4 Å². The summed E-state index contributed by atoms with van der Waals surface area (Å²) in [4.78, 5) is 18.5. The topological polar surface area (TPSA) is 45.2 Å². The van der Waals surface area contributed by atoms with E-state index in [9.17, 15) is 4.79 Å². The van der Waals surface area contributed by atoms with Gasteiger partial charge in [0.2, 0.25) is 5.91 Å². The van der Waals surface area contributed by atoms with Crippen molar-refractivity contribution >= 4 is 29.0 Å². The highest BCUT2D eigenvalue weighted by molar-refractivity contribution is 7.99. The van der Waals surface area contributed by atoms with Crippen molar-refractivity contribution in [1.82, 2.24) is 4.98 Å². The molecule has 1 aromatic heterocycles. The van der Waals surface area contributed by atoms with Gasteiger partial charge >= 0.3 is 0 Å². The molecule has 3 rings (SSSR count). The summed E-state index contributed by atoms with van der Waals surface area (Å²) < 4.78 is 0. The van der Waals surface area contributed by atoms with Crippen LogP contribution in [0, 0.1) is 0 Å². The van der Waals surface area contributed by atoms with E-state index in [-0.39, 0.29) is 5.91 Å². The summed E-state index contributed by atoms with van der Waals surface area (Å²) in [5.41, 5.74) is 2.08. The summed E-state index contributed by atoms with van der Waals surface area (Å²) in [6.07, 6.45) is 4.27. The Labute approximate surface area is 134 Å². The molecule has 1 aliphatic rings. The quantitative estimate of drug-likeness (QED) is 0.859. The van der Waals surface area contributed by atoms with Gasteiger partial charge in [0, 0.05) is 30.7 Å². The van der Waals surface area contributed by atoms with E-state index in [1.807, 2.05) is 30.3 Å². The number of hydrogen-bond acceptors (Lipinski definition) is 4. The van der Waals surface area contributed by atoms with Crippen molar-refractivity contribution in [1.29, 1.82) is 0 Å². The number of benzene rings is 1. The van der Waals surface area contributed by atoms with Gasteiger partial charge in [0.15, 0.2) is 0 Å². The monoisotopic (exact) mass is 313 g/mol. The third-order valence-electron chi connectivity index (χ3n) is 3.61. The number of carbonyl (C=O) groups is 1. The number of rotatable bonds is 5. The van der Waals surface area contributed by atoms with Gasteiger partial charge in [-0.05, 0) is 49.2 Å². The van der Waals surface area contributed by atoms with Crippen LogP contribution >= 0.6 is 11.8 Å². The highest BCUT2D eigenvalue weighted by Gasteiger charge is 2.12. The second kappa shape index (κ2) is 7.31. The van der Waals surface area contributed by atoms with Gasteiger partial charge in [-0.25, -0.2) is 4.98 Å². The first-order chi connectivity index (χ1) is 10.8. The molecular formula is C17H19N3OS. The summed E-state index contributed by atoms with van der Waals surface area (Å²) in [5, 5.41) is 3.79. The molecule has 1 fully saturated rings. The molecule has 114 valence electrons. The Morgan fingerprint density at radius 1 is 1.14 bits per heavy atom. The predicted octanol–water partition coefficient (Wildman–Crippen LogP) is 3.41. The highest BCUT2D eigenvalue weighted by Crippen LogP contribution is 2.22. The lowest BCUT2D eigenvalue weighted by atomic mass is 10.2. The van der Waals surface area contributed by atoms with E-state index in [1.54, 1.807) is 6.20 Å². The Morgan fingerprint density at radius 3 is 2.59 bits per heavy atom. The third kappa shape index (κ3) is 4.01. The van der Waals surface area contributed by atoms with Gasteiger partial charge in [0.1, 0.15) is 0 Å². The first-order valence-electron chi connectivity index (χ1n) is 7.50. The molecule has 0 saturated carbocycles. The minimum atomic E-state index is -0.00965. The van der Waals surface area contributed by atoms with Gasteiger partial charge in [0.25, 0.3) is 0 Å². The molecule has 0 radical (unpaired) electrons. The van der Waals surface area contributed by atoms with E-state index in [1.165, 1.54) is 30.3 Å². The number of carbonyl (C=O) groups excluding carboxylic acids is 1. The molecular weight excluding hydrogens is 294 g/mol. The van der Waals surface area contributed by atoms with Gasteiger partial charge in [-0.2, -0.15) is 0 Å². The smallest absolute Gasteiger partial charge is 0.234 e. The maximum Gasteiger partial charge on any atom is 0.234 e. The minimum absolute atomic E-state index is 0.00965. The van der Waals surface area contributed by atoms with Gasteiger partial charge in [0.05, 0.1) is 10.8 Å². The average molecular weight is 313 g/mol. The number of anilines is 2. The maximum absolute atomic E-state index is 12.0. The van der Waals surface area contributed by atoms with E-state index in [4.69, 9.17) is 0 Å². The van der Waals surface area contributed by atoms with E-state index in [0.29, 0.717) is 5.75 Å². The lowest BCUT2D eigenvalue weighted by Crippen LogP contribution is -2.18. The van der Waals surface area contributed by atoms with Crippen LogP contribution in [0.3, 0.4) is 0 Å². The number of hydrogen-bond donors (Lipinski definition) is 1. The molecule has 0 spiro atoms. The van der Waals surface area contributed by atoms with Crippen molar-refractivity contribution in [3.05, 3.63) is 48.7 Å². The van der Waals surface area contributed by atoms with Crippen molar-refractivity contribution in [3.63, 3.8) is 0 Å². The number of aromatic nitrogens is 1. The lowest BCUT2D eigenvalue weighted by Gasteiger charge is -2.17. The summed E-state index contributed by atoms with van der Waals surface area (Å²) >= 11 is 1.44. The fourth-order valence-electron chi connectivity index (χ4n) is 2.50. The highest BCUT2D eigenvalue weighted by atomic mass is 32.2. The molecule has 1 aliphatic heterocycles. The molecule has 0 bridgehead atoms. The maximum atomic E-state index is 12.0. The molecule has 1 amide bonds. The predicted molar refractivity (Wildman–Crippen MR) is 91.5 cm³/mol. The second-order valence-corrected chi connectivity index (χ2v) is 6.24. The molecule has 0 unspecified atom stereocenters. The number of pyridine rings is 1. The largest absolute Gasteiger partial charge is 0.372 e. The van der Waals surface area contributed by atoms with Crippen LogP contribution in [0.25, 0.3) is 0 Å². The zero-order valence-corrected chi connectivity index (χ0v) is 13.2. The van der Waals surface area contributed by atoms with Crippen molar-refractivity contribution < 1.29 is 4.79 Å². The summed E-state index contributed by atoms with van der Waals surface area (Å²) in [7, 11) is 0. The van der Waals surface area contributed by atoms with Gasteiger partial charge in [-0.3, -0.25) is 4.79 Å². The average Bonchev–Trinajstić information content (AvgIpc) is 3.09. The zero-order chi connectivity index (χ0) is 15.2. The fraction of sp³-hybridized carbons (Fsp3) is 0.294. The lowest BCUT2D eigenvalue weighted by molar-refractivity contribution is -0.113. The molecule has 0 atom stereocenters. The Bertz CT molecular complexity index is 610. The summed E-state index contributed by atoms with van der Waals surface area (Å²) in [6, 6.07) is 13.8. The Kier molecular flexibility index (Phi) is 4.96. The van der Waals surface area contributed by atoms with Crippen molar-refractivity contribution in [2.45, 2.75) is 17.9 Å². The van der Waals surface area contributed by atoms with E-state index in [2.05, 4.69) is 27.3 Å². The van der Waals surface area contributed by atoms with E-state index in [0.717, 1.165) is 23.8 Å². The van der Waals surface area contributed by atoms with E-state index < -0.39 is 0 Å². The summed E-state index contributed by atoms with van der Waals surface area (Å²) in [5.74, 6) is 0.356. The van der Waals surface area contributed by atoms with E-state index >= 15 is 0 Å². The van der Waals surface area contributed by atoms with Crippen LogP contribution in [0.2, 0.25) is 0 Å². The van der Waals surface area contributed by atoms with Crippen LogP contribution in [0.1, 0.15) is 12.8 Å². The van der Waals surface area contributed by atoms with Crippen LogP contribution < -0.4 is 10.2 Å². The van der Waals surface area contributed by atoms with Gasteiger partial charge in [-0.15, -0.1) is 0 Å². The number of thioether (sulfide) groups is 1. The van der Waals surface area contributed by atoms with Gasteiger partial charge < -0.3 is 10.2 Å². The molecule has 1 N–H and O–H groups in total. The van der Waals surface area contributed by atoms with Crippen molar-refractivity contribution in [2.24, 2.45) is 0 Å². The Hall–Kier alpha value is -2.01. The summed E-state index contributed by atoms with van der Waals surface area (Å²) in [6.45, 7) is 2.26. The van der Waals surface area contributed by atoms with Crippen LogP contribution in [-0.4, -0.2) is 29.7 Å². The van der Waals surface area contributed by atoms with Crippen LogP contribution in [0.5, 0.6) is 0 Å². The number of nitrogens with one attached hydrogen (secondary N) is 1. The first kappa shape index (κ1) is 14.9. The first-order valence-corrected chi connectivity index (χ1v) is 8.48. The molecule has 22 heavy (non-hydrogen) atoms. The second-order valence-electron chi connectivity index (χ2n) is 5.25. The van der Waals surface area contributed by atoms with Crippen molar-refractivity contribution in [2.75, 3.05) is 29.1 Å². The van der Waals surface area contributed by atoms with Crippen LogP contribution in [0.15, 0.2) is 53.7 Å². The molecule has 4 nitrogen and oxygen atoms in total.